The Balaban J connectivity index is 2.49. The Kier molecular flexibility index (Phi) is 4.54. The molecule has 0 bridgehead atoms. The van der Waals surface area contributed by atoms with Crippen molar-refractivity contribution in [1.29, 1.82) is 0 Å². The quantitative estimate of drug-likeness (QED) is 0.422. The highest BCUT2D eigenvalue weighted by atomic mass is 16.5. The van der Waals surface area contributed by atoms with Gasteiger partial charge >= 0.3 is 0 Å². The molecule has 1 aliphatic rings. The summed E-state index contributed by atoms with van der Waals surface area (Å²) in [5, 5.41) is 0. The summed E-state index contributed by atoms with van der Waals surface area (Å²) in [5.74, 6) is 5.18. The van der Waals surface area contributed by atoms with E-state index in [1.165, 1.54) is 0 Å². The van der Waals surface area contributed by atoms with Crippen LogP contribution in [0.4, 0.5) is 0 Å². The molecule has 88 valence electrons. The summed E-state index contributed by atoms with van der Waals surface area (Å²) in [6.45, 7) is 4.93. The molecular weight excluding hydrogens is 192 g/mol. The molecule has 0 atom stereocenters. The number of carbonyl (C=O) groups is 1. The van der Waals surface area contributed by atoms with Gasteiger partial charge in [0.1, 0.15) is 0 Å². The molecule has 0 radical (unpaired) electrons. The predicted octanol–water partition coefficient (Wildman–Crippen LogP) is 1.35. The molecule has 3 N–H and O–H groups in total. The molecule has 0 aromatic carbocycles. The fourth-order valence-electron chi connectivity index (χ4n) is 2.43. The van der Waals surface area contributed by atoms with Crippen molar-refractivity contribution < 1.29 is 9.53 Å². The van der Waals surface area contributed by atoms with Gasteiger partial charge in [-0.05, 0) is 39.0 Å². The van der Waals surface area contributed by atoms with Gasteiger partial charge in [-0.3, -0.25) is 10.2 Å². The summed E-state index contributed by atoms with van der Waals surface area (Å²) in [4.78, 5) is 11.3. The topological polar surface area (TPSA) is 64.3 Å². The van der Waals surface area contributed by atoms with Gasteiger partial charge in [-0.1, -0.05) is 6.92 Å². The third kappa shape index (κ3) is 2.92. The molecule has 4 heteroatoms. The predicted molar refractivity (Wildman–Crippen MR) is 58.9 cm³/mol. The molecule has 1 aliphatic carbocycles. The van der Waals surface area contributed by atoms with Crippen LogP contribution in [0.3, 0.4) is 0 Å². The lowest BCUT2D eigenvalue weighted by Crippen LogP contribution is -2.42. The third-order valence-electron chi connectivity index (χ3n) is 3.50. The Morgan fingerprint density at radius 2 is 2.07 bits per heavy atom. The van der Waals surface area contributed by atoms with Gasteiger partial charge in [0.25, 0.3) is 0 Å². The summed E-state index contributed by atoms with van der Waals surface area (Å²) >= 11 is 0. The van der Waals surface area contributed by atoms with Crippen LogP contribution in [-0.4, -0.2) is 18.1 Å². The van der Waals surface area contributed by atoms with Gasteiger partial charge in [0.2, 0.25) is 5.91 Å². The highest BCUT2D eigenvalue weighted by Gasteiger charge is 2.36. The van der Waals surface area contributed by atoms with E-state index in [2.05, 4.69) is 12.3 Å². The van der Waals surface area contributed by atoms with Crippen molar-refractivity contribution in [2.24, 2.45) is 11.8 Å². The maximum absolute atomic E-state index is 11.3. The van der Waals surface area contributed by atoms with Gasteiger partial charge in [-0.15, -0.1) is 0 Å². The SMILES string of the molecule is CCOC1(CC)CCC(C(=O)NN)CC1. The molecule has 0 aliphatic heterocycles. The number of rotatable bonds is 4. The first-order valence-electron chi connectivity index (χ1n) is 5.82. The number of hydrogen-bond acceptors (Lipinski definition) is 3. The van der Waals surface area contributed by atoms with Gasteiger partial charge in [0.05, 0.1) is 5.60 Å². The second kappa shape index (κ2) is 5.47. The largest absolute Gasteiger partial charge is 0.375 e. The number of nitrogens with one attached hydrogen (secondary N) is 1. The van der Waals surface area contributed by atoms with Crippen molar-refractivity contribution >= 4 is 5.91 Å². The normalized spacial score (nSPS) is 31.3. The minimum absolute atomic E-state index is 0.0140. The molecule has 0 aromatic heterocycles. The summed E-state index contributed by atoms with van der Waals surface area (Å²) < 4.78 is 5.82. The summed E-state index contributed by atoms with van der Waals surface area (Å²) in [6, 6.07) is 0. The van der Waals surface area contributed by atoms with Crippen LogP contribution < -0.4 is 11.3 Å². The van der Waals surface area contributed by atoms with Crippen LogP contribution in [0, 0.1) is 5.92 Å². The average molecular weight is 214 g/mol. The van der Waals surface area contributed by atoms with Gasteiger partial charge < -0.3 is 4.74 Å². The minimum atomic E-state index is -0.0313. The molecule has 1 fully saturated rings. The van der Waals surface area contributed by atoms with Crippen molar-refractivity contribution in [3.63, 3.8) is 0 Å². The number of hydrazine groups is 1. The van der Waals surface area contributed by atoms with Crippen molar-refractivity contribution in [3.8, 4) is 0 Å². The van der Waals surface area contributed by atoms with Crippen LogP contribution in [-0.2, 0) is 9.53 Å². The maximum atomic E-state index is 11.3. The van der Waals surface area contributed by atoms with E-state index in [0.717, 1.165) is 38.7 Å². The second-order valence-corrected chi connectivity index (χ2v) is 4.25. The molecule has 0 saturated heterocycles. The minimum Gasteiger partial charge on any atom is -0.375 e. The first-order valence-corrected chi connectivity index (χ1v) is 5.82. The molecule has 1 rings (SSSR count). The lowest BCUT2D eigenvalue weighted by Gasteiger charge is -2.38. The molecule has 15 heavy (non-hydrogen) atoms. The van der Waals surface area contributed by atoms with Gasteiger partial charge in [-0.25, -0.2) is 5.84 Å². The summed E-state index contributed by atoms with van der Waals surface area (Å²) in [5.41, 5.74) is 2.25. The van der Waals surface area contributed by atoms with Gasteiger partial charge in [0, 0.05) is 12.5 Å². The summed E-state index contributed by atoms with van der Waals surface area (Å²) in [7, 11) is 0. The molecule has 4 nitrogen and oxygen atoms in total. The summed E-state index contributed by atoms with van der Waals surface area (Å²) in [6.07, 6.45) is 4.73. The Morgan fingerprint density at radius 1 is 1.47 bits per heavy atom. The van der Waals surface area contributed by atoms with Crippen LogP contribution >= 0.6 is 0 Å². The molecule has 0 aromatic rings. The van der Waals surface area contributed by atoms with Crippen molar-refractivity contribution in [2.45, 2.75) is 51.6 Å². The zero-order valence-corrected chi connectivity index (χ0v) is 9.71. The van der Waals surface area contributed by atoms with Gasteiger partial charge in [0.15, 0.2) is 0 Å². The van der Waals surface area contributed by atoms with E-state index >= 15 is 0 Å². The number of nitrogens with two attached hydrogens (primary N) is 1. The van der Waals surface area contributed by atoms with E-state index in [1.54, 1.807) is 0 Å². The first-order chi connectivity index (χ1) is 7.17. The van der Waals surface area contributed by atoms with E-state index < -0.39 is 0 Å². The fraction of sp³-hybridized carbons (Fsp3) is 0.909. The third-order valence-corrected chi connectivity index (χ3v) is 3.50. The van der Waals surface area contributed by atoms with E-state index in [1.807, 2.05) is 6.92 Å². The smallest absolute Gasteiger partial charge is 0.236 e. The Labute approximate surface area is 91.5 Å². The van der Waals surface area contributed by atoms with Gasteiger partial charge in [-0.2, -0.15) is 0 Å². The molecule has 0 spiro atoms. The Hall–Kier alpha value is -0.610. The fourth-order valence-corrected chi connectivity index (χ4v) is 2.43. The van der Waals surface area contributed by atoms with Crippen molar-refractivity contribution in [3.05, 3.63) is 0 Å². The molecular formula is C11H22N2O2. The monoisotopic (exact) mass is 214 g/mol. The van der Waals surface area contributed by atoms with Crippen LogP contribution in [0.15, 0.2) is 0 Å². The van der Waals surface area contributed by atoms with E-state index in [4.69, 9.17) is 10.6 Å². The molecule has 1 saturated carbocycles. The first kappa shape index (κ1) is 12.5. The second-order valence-electron chi connectivity index (χ2n) is 4.25. The van der Waals surface area contributed by atoms with E-state index in [-0.39, 0.29) is 17.4 Å². The van der Waals surface area contributed by atoms with Crippen LogP contribution in [0.1, 0.15) is 46.0 Å². The zero-order valence-electron chi connectivity index (χ0n) is 9.71. The molecule has 0 heterocycles. The highest BCUT2D eigenvalue weighted by Crippen LogP contribution is 2.37. The number of carbonyl (C=O) groups excluding carboxylic acids is 1. The Bertz CT molecular complexity index is 211. The van der Waals surface area contributed by atoms with E-state index in [0.29, 0.717) is 0 Å². The molecule has 0 unspecified atom stereocenters. The van der Waals surface area contributed by atoms with Crippen LogP contribution in [0.25, 0.3) is 0 Å². The lowest BCUT2D eigenvalue weighted by molar-refractivity contribution is -0.130. The maximum Gasteiger partial charge on any atom is 0.236 e. The lowest BCUT2D eigenvalue weighted by atomic mass is 9.77. The highest BCUT2D eigenvalue weighted by molar-refractivity contribution is 5.78. The number of hydrogen-bond donors (Lipinski definition) is 2. The molecule has 1 amide bonds. The number of amides is 1. The Morgan fingerprint density at radius 3 is 2.47 bits per heavy atom. The van der Waals surface area contributed by atoms with Crippen LogP contribution in [0.5, 0.6) is 0 Å². The van der Waals surface area contributed by atoms with Crippen molar-refractivity contribution in [2.75, 3.05) is 6.61 Å². The van der Waals surface area contributed by atoms with Crippen molar-refractivity contribution in [1.82, 2.24) is 5.43 Å². The number of ether oxygens (including phenoxy) is 1. The van der Waals surface area contributed by atoms with Crippen LogP contribution in [0.2, 0.25) is 0 Å². The standard InChI is InChI=1S/C11H22N2O2/c1-3-11(15-4-2)7-5-9(6-8-11)10(14)13-12/h9H,3-8,12H2,1-2H3,(H,13,14). The average Bonchev–Trinajstić information content (AvgIpc) is 2.29. The zero-order chi connectivity index (χ0) is 11.3. The van der Waals surface area contributed by atoms with E-state index in [9.17, 15) is 4.79 Å².